The smallest absolute Gasteiger partial charge is 0.279 e. The minimum atomic E-state index is -0.647. The lowest BCUT2D eigenvalue weighted by atomic mass is 10.2. The molecular formula is C18H11Cl2FN2O2. The zero-order valence-corrected chi connectivity index (χ0v) is 14.2. The van der Waals surface area contributed by atoms with Crippen LogP contribution in [0.15, 0.2) is 47.3 Å². The van der Waals surface area contributed by atoms with E-state index in [9.17, 15) is 14.0 Å². The molecule has 0 saturated carbocycles. The highest BCUT2D eigenvalue weighted by Crippen LogP contribution is 2.18. The monoisotopic (exact) mass is 376 g/mol. The van der Waals surface area contributed by atoms with Crippen molar-refractivity contribution in [2.45, 2.75) is 0 Å². The van der Waals surface area contributed by atoms with Crippen LogP contribution in [0.3, 0.4) is 0 Å². The van der Waals surface area contributed by atoms with E-state index in [0.29, 0.717) is 17.0 Å². The maximum Gasteiger partial charge on any atom is 0.279 e. The molecule has 0 unspecified atom stereocenters. The zero-order valence-electron chi connectivity index (χ0n) is 12.7. The second-order valence-electron chi connectivity index (χ2n) is 5.12. The van der Waals surface area contributed by atoms with Gasteiger partial charge in [0.2, 0.25) is 0 Å². The number of H-pyrrole nitrogens is 1. The number of carbonyl (C=O) groups is 1. The van der Waals surface area contributed by atoms with E-state index in [1.807, 2.05) is 0 Å². The summed E-state index contributed by atoms with van der Waals surface area (Å²) < 4.78 is 15.3. The van der Waals surface area contributed by atoms with Gasteiger partial charge < -0.3 is 0 Å². The van der Waals surface area contributed by atoms with E-state index in [1.165, 1.54) is 29.0 Å². The van der Waals surface area contributed by atoms with E-state index < -0.39 is 11.4 Å². The average Bonchev–Trinajstić information content (AvgIpc) is 2.89. The van der Waals surface area contributed by atoms with Crippen molar-refractivity contribution in [1.29, 1.82) is 0 Å². The number of aldehydes is 1. The van der Waals surface area contributed by atoms with E-state index in [1.54, 1.807) is 30.3 Å². The topological polar surface area (TPSA) is 54.9 Å². The first-order chi connectivity index (χ1) is 12.0. The van der Waals surface area contributed by atoms with E-state index in [2.05, 4.69) is 5.10 Å². The number of rotatable bonds is 3. The van der Waals surface area contributed by atoms with Crippen LogP contribution < -0.4 is 16.1 Å². The lowest BCUT2D eigenvalue weighted by molar-refractivity contribution is -0.103. The van der Waals surface area contributed by atoms with Gasteiger partial charge in [0.25, 0.3) is 5.56 Å². The Labute approximate surface area is 151 Å². The Balaban J connectivity index is 2.35. The van der Waals surface area contributed by atoms with Crippen molar-refractivity contribution in [3.05, 3.63) is 84.8 Å². The number of nitrogens with zero attached hydrogens (tertiary/aromatic N) is 1. The third kappa shape index (κ3) is 3.29. The van der Waals surface area contributed by atoms with Gasteiger partial charge in [-0.15, -0.1) is 0 Å². The average molecular weight is 377 g/mol. The number of aromatic amines is 1. The van der Waals surface area contributed by atoms with Crippen LogP contribution in [-0.4, -0.2) is 16.1 Å². The van der Waals surface area contributed by atoms with Crippen LogP contribution in [0.25, 0.3) is 17.8 Å². The summed E-state index contributed by atoms with van der Waals surface area (Å²) in [4.78, 5) is 23.7. The number of benzene rings is 2. The Morgan fingerprint density at radius 2 is 1.76 bits per heavy atom. The molecule has 25 heavy (non-hydrogen) atoms. The van der Waals surface area contributed by atoms with Crippen molar-refractivity contribution in [3.63, 3.8) is 0 Å². The van der Waals surface area contributed by atoms with Gasteiger partial charge in [0.15, 0.2) is 0 Å². The minimum Gasteiger partial charge on any atom is -0.298 e. The maximum absolute atomic E-state index is 14.1. The molecule has 0 spiro atoms. The fourth-order valence-electron chi connectivity index (χ4n) is 2.39. The third-order valence-corrected chi connectivity index (χ3v) is 4.18. The SMILES string of the molecule is O=C/C=c1/[nH]n(-c2ccccc2Cl)c(=O)c1=Cc1cccc(Cl)c1F. The molecule has 3 aromatic rings. The standard InChI is InChI=1S/C18H11Cl2FN2O2/c19-13-5-1-2-7-16(13)23-18(25)12(15(22-23)8-9-24)10-11-4-3-6-14(20)17(11)21/h1-10,22H/b12-10?,15-8+. The van der Waals surface area contributed by atoms with Crippen LogP contribution in [0, 0.1) is 5.82 Å². The van der Waals surface area contributed by atoms with Gasteiger partial charge in [-0.25, -0.2) is 9.07 Å². The van der Waals surface area contributed by atoms with Gasteiger partial charge in [0.1, 0.15) is 12.1 Å². The Kier molecular flexibility index (Phi) is 4.88. The Hall–Kier alpha value is -2.63. The van der Waals surface area contributed by atoms with E-state index >= 15 is 0 Å². The number of carbonyl (C=O) groups excluding carboxylic acids is 1. The third-order valence-electron chi connectivity index (χ3n) is 3.57. The predicted octanol–water partition coefficient (Wildman–Crippen LogP) is 2.42. The summed E-state index contributed by atoms with van der Waals surface area (Å²) in [5.41, 5.74) is 0.0805. The number of nitrogens with one attached hydrogen (secondary N) is 1. The molecule has 1 aromatic heterocycles. The van der Waals surface area contributed by atoms with Gasteiger partial charge in [-0.2, -0.15) is 0 Å². The highest BCUT2D eigenvalue weighted by molar-refractivity contribution is 6.32. The summed E-state index contributed by atoms with van der Waals surface area (Å²) in [5.74, 6) is -0.647. The molecule has 2 aromatic carbocycles. The summed E-state index contributed by atoms with van der Waals surface area (Å²) >= 11 is 11.9. The van der Waals surface area contributed by atoms with Crippen LogP contribution >= 0.6 is 23.2 Å². The van der Waals surface area contributed by atoms with Crippen LogP contribution in [0.1, 0.15) is 5.56 Å². The van der Waals surface area contributed by atoms with E-state index in [0.717, 1.165) is 0 Å². The van der Waals surface area contributed by atoms with Crippen LogP contribution in [0.4, 0.5) is 4.39 Å². The molecule has 7 heteroatoms. The predicted molar refractivity (Wildman–Crippen MR) is 96.2 cm³/mol. The zero-order chi connectivity index (χ0) is 18.0. The first kappa shape index (κ1) is 17.2. The van der Waals surface area contributed by atoms with Gasteiger partial charge in [-0.05, 0) is 24.3 Å². The number of aromatic nitrogens is 2. The van der Waals surface area contributed by atoms with Gasteiger partial charge in [-0.3, -0.25) is 14.7 Å². The lowest BCUT2D eigenvalue weighted by Gasteiger charge is -2.02. The molecule has 3 rings (SSSR count). The summed E-state index contributed by atoms with van der Waals surface area (Å²) in [6.45, 7) is 0. The molecule has 4 nitrogen and oxygen atoms in total. The second-order valence-corrected chi connectivity index (χ2v) is 5.94. The van der Waals surface area contributed by atoms with Gasteiger partial charge in [-0.1, -0.05) is 47.5 Å². The van der Waals surface area contributed by atoms with Crippen molar-refractivity contribution in [1.82, 2.24) is 9.78 Å². The molecule has 0 bridgehead atoms. The fourth-order valence-corrected chi connectivity index (χ4v) is 2.79. The summed E-state index contributed by atoms with van der Waals surface area (Å²) in [6, 6.07) is 11.2. The fraction of sp³-hybridized carbons (Fsp3) is 0. The van der Waals surface area contributed by atoms with Crippen LogP contribution in [0.2, 0.25) is 10.0 Å². The molecule has 0 amide bonds. The Bertz CT molecular complexity index is 1130. The minimum absolute atomic E-state index is 0.0587. The molecule has 0 fully saturated rings. The number of hydrogen-bond acceptors (Lipinski definition) is 2. The van der Waals surface area contributed by atoms with Crippen molar-refractivity contribution < 1.29 is 9.18 Å². The molecular weight excluding hydrogens is 366 g/mol. The van der Waals surface area contributed by atoms with Crippen molar-refractivity contribution in [3.8, 4) is 5.69 Å². The quantitative estimate of drug-likeness (QED) is 0.713. The molecule has 0 aliphatic heterocycles. The summed E-state index contributed by atoms with van der Waals surface area (Å²) in [5, 5.41) is 3.46. The molecule has 0 aliphatic rings. The Morgan fingerprint density at radius 1 is 1.04 bits per heavy atom. The van der Waals surface area contributed by atoms with Crippen molar-refractivity contribution in [2.24, 2.45) is 0 Å². The molecule has 0 radical (unpaired) electrons. The van der Waals surface area contributed by atoms with Crippen molar-refractivity contribution >= 4 is 41.6 Å². The van der Waals surface area contributed by atoms with Gasteiger partial charge in [0.05, 0.1) is 26.3 Å². The van der Waals surface area contributed by atoms with Crippen LogP contribution in [0.5, 0.6) is 0 Å². The molecule has 0 aliphatic carbocycles. The number of halogens is 3. The Morgan fingerprint density at radius 3 is 2.48 bits per heavy atom. The van der Waals surface area contributed by atoms with Crippen LogP contribution in [-0.2, 0) is 4.79 Å². The highest BCUT2D eigenvalue weighted by atomic mass is 35.5. The maximum atomic E-state index is 14.1. The van der Waals surface area contributed by atoms with Gasteiger partial charge in [0, 0.05) is 11.6 Å². The summed E-state index contributed by atoms with van der Waals surface area (Å²) in [7, 11) is 0. The van der Waals surface area contributed by atoms with Crippen molar-refractivity contribution in [2.75, 3.05) is 0 Å². The number of hydrogen-bond donors (Lipinski definition) is 1. The van der Waals surface area contributed by atoms with E-state index in [-0.39, 0.29) is 21.2 Å². The summed E-state index contributed by atoms with van der Waals surface area (Å²) in [6.07, 6.45) is 3.06. The highest BCUT2D eigenvalue weighted by Gasteiger charge is 2.10. The molecule has 1 N–H and O–H groups in total. The molecule has 0 saturated heterocycles. The van der Waals surface area contributed by atoms with Gasteiger partial charge >= 0.3 is 0 Å². The second kappa shape index (κ2) is 7.09. The lowest BCUT2D eigenvalue weighted by Crippen LogP contribution is -2.35. The normalized spacial score (nSPS) is 12.6. The molecule has 1 heterocycles. The molecule has 0 atom stereocenters. The van der Waals surface area contributed by atoms with E-state index in [4.69, 9.17) is 23.2 Å². The first-order valence-corrected chi connectivity index (χ1v) is 7.95. The molecule has 126 valence electrons. The largest absolute Gasteiger partial charge is 0.298 e. The number of para-hydroxylation sites is 1. The first-order valence-electron chi connectivity index (χ1n) is 7.20.